The number of carbonyl (C=O) groups excluding carboxylic acids is 1. The van der Waals surface area contributed by atoms with Crippen molar-refractivity contribution >= 4 is 17.7 Å². The van der Waals surface area contributed by atoms with Crippen LogP contribution in [-0.2, 0) is 6.42 Å². The molecule has 0 saturated heterocycles. The number of hydrogen-bond donors (Lipinski definition) is 2. The third kappa shape index (κ3) is 5.37. The lowest BCUT2D eigenvalue weighted by molar-refractivity contribution is 0.0477. The molecule has 0 aliphatic rings. The molecule has 0 bridgehead atoms. The summed E-state index contributed by atoms with van der Waals surface area (Å²) in [7, 11) is 0. The SMILES string of the molecule is CSc1ncccc1C(=O)NCC(C)(O)CCc1ccccc1. The summed E-state index contributed by atoms with van der Waals surface area (Å²) in [5.41, 5.74) is 0.766. The van der Waals surface area contributed by atoms with Crippen LogP contribution in [0.3, 0.4) is 0 Å². The fourth-order valence-corrected chi connectivity index (χ4v) is 2.79. The summed E-state index contributed by atoms with van der Waals surface area (Å²) in [5, 5.41) is 14.0. The second-order valence-electron chi connectivity index (χ2n) is 5.73. The van der Waals surface area contributed by atoms with Gasteiger partial charge in [-0.25, -0.2) is 4.98 Å². The zero-order chi connectivity index (χ0) is 16.7. The van der Waals surface area contributed by atoms with Gasteiger partial charge in [-0.2, -0.15) is 0 Å². The molecule has 122 valence electrons. The minimum absolute atomic E-state index is 0.206. The molecule has 2 N–H and O–H groups in total. The summed E-state index contributed by atoms with van der Waals surface area (Å²) in [5.74, 6) is -0.206. The van der Waals surface area contributed by atoms with Crippen molar-refractivity contribution in [2.75, 3.05) is 12.8 Å². The van der Waals surface area contributed by atoms with E-state index in [1.165, 1.54) is 17.3 Å². The number of nitrogens with one attached hydrogen (secondary N) is 1. The molecule has 0 saturated carbocycles. The Kier molecular flexibility index (Phi) is 6.19. The van der Waals surface area contributed by atoms with Crippen molar-refractivity contribution in [2.45, 2.75) is 30.4 Å². The molecular weight excluding hydrogens is 308 g/mol. The predicted molar refractivity (Wildman–Crippen MR) is 93.7 cm³/mol. The molecule has 0 spiro atoms. The number of amides is 1. The summed E-state index contributed by atoms with van der Waals surface area (Å²) in [6.45, 7) is 1.95. The predicted octanol–water partition coefficient (Wildman–Crippen LogP) is 2.92. The Balaban J connectivity index is 1.89. The van der Waals surface area contributed by atoms with Crippen molar-refractivity contribution < 1.29 is 9.90 Å². The number of aryl methyl sites for hydroxylation is 1. The quantitative estimate of drug-likeness (QED) is 0.766. The smallest absolute Gasteiger partial charge is 0.254 e. The summed E-state index contributed by atoms with van der Waals surface area (Å²) >= 11 is 1.43. The molecule has 1 heterocycles. The van der Waals surface area contributed by atoms with E-state index in [2.05, 4.69) is 10.3 Å². The highest BCUT2D eigenvalue weighted by molar-refractivity contribution is 7.98. The van der Waals surface area contributed by atoms with E-state index in [1.54, 1.807) is 25.3 Å². The van der Waals surface area contributed by atoms with Crippen LogP contribution in [0.5, 0.6) is 0 Å². The van der Waals surface area contributed by atoms with E-state index in [0.29, 0.717) is 17.0 Å². The lowest BCUT2D eigenvalue weighted by Gasteiger charge is -2.24. The number of pyridine rings is 1. The molecule has 0 aliphatic carbocycles. The summed E-state index contributed by atoms with van der Waals surface area (Å²) in [4.78, 5) is 16.4. The van der Waals surface area contributed by atoms with E-state index in [4.69, 9.17) is 0 Å². The highest BCUT2D eigenvalue weighted by Gasteiger charge is 2.22. The van der Waals surface area contributed by atoms with Crippen molar-refractivity contribution in [3.05, 3.63) is 59.8 Å². The average molecular weight is 330 g/mol. The lowest BCUT2D eigenvalue weighted by Crippen LogP contribution is -2.41. The normalized spacial score (nSPS) is 13.3. The van der Waals surface area contributed by atoms with E-state index in [1.807, 2.05) is 36.6 Å². The van der Waals surface area contributed by atoms with E-state index < -0.39 is 5.60 Å². The first-order chi connectivity index (χ1) is 11.0. The molecule has 2 rings (SSSR count). The van der Waals surface area contributed by atoms with E-state index >= 15 is 0 Å². The maximum atomic E-state index is 12.3. The van der Waals surface area contributed by atoms with Crippen molar-refractivity contribution in [3.8, 4) is 0 Å². The standard InChI is InChI=1S/C18H22N2O2S/c1-18(22,11-10-14-7-4-3-5-8-14)13-20-16(21)15-9-6-12-19-17(15)23-2/h3-9,12,22H,10-11,13H2,1-2H3,(H,20,21). The summed E-state index contributed by atoms with van der Waals surface area (Å²) in [6.07, 6.45) is 4.90. The van der Waals surface area contributed by atoms with Gasteiger partial charge in [0.05, 0.1) is 11.2 Å². The number of hydrogen-bond acceptors (Lipinski definition) is 4. The van der Waals surface area contributed by atoms with Crippen LogP contribution in [0.1, 0.15) is 29.3 Å². The highest BCUT2D eigenvalue weighted by Crippen LogP contribution is 2.17. The van der Waals surface area contributed by atoms with E-state index in [9.17, 15) is 9.90 Å². The molecule has 1 atom stereocenters. The van der Waals surface area contributed by atoms with Crippen molar-refractivity contribution in [3.63, 3.8) is 0 Å². The number of carbonyl (C=O) groups is 1. The van der Waals surface area contributed by atoms with Gasteiger partial charge in [0.1, 0.15) is 5.03 Å². The molecule has 0 fully saturated rings. The monoisotopic (exact) mass is 330 g/mol. The highest BCUT2D eigenvalue weighted by atomic mass is 32.2. The molecule has 4 nitrogen and oxygen atoms in total. The Bertz CT molecular complexity index is 644. The Hall–Kier alpha value is -1.85. The van der Waals surface area contributed by atoms with Gasteiger partial charge in [0.2, 0.25) is 0 Å². The van der Waals surface area contributed by atoms with Gasteiger partial charge in [-0.3, -0.25) is 4.79 Å². The molecule has 0 aliphatic heterocycles. The second kappa shape index (κ2) is 8.13. The molecule has 1 amide bonds. The van der Waals surface area contributed by atoms with Crippen molar-refractivity contribution in [1.82, 2.24) is 10.3 Å². The third-order valence-corrected chi connectivity index (χ3v) is 4.35. The van der Waals surface area contributed by atoms with Crippen LogP contribution in [0.2, 0.25) is 0 Å². The Labute approximate surface area is 141 Å². The topological polar surface area (TPSA) is 62.2 Å². The molecule has 1 aromatic heterocycles. The lowest BCUT2D eigenvalue weighted by atomic mass is 9.96. The molecule has 2 aromatic rings. The van der Waals surface area contributed by atoms with Gasteiger partial charge in [0, 0.05) is 12.7 Å². The largest absolute Gasteiger partial charge is 0.388 e. The fourth-order valence-electron chi connectivity index (χ4n) is 2.24. The molecular formula is C18H22N2O2S. The first-order valence-electron chi connectivity index (χ1n) is 7.55. The van der Waals surface area contributed by atoms with Crippen LogP contribution in [0.15, 0.2) is 53.7 Å². The van der Waals surface area contributed by atoms with Crippen LogP contribution in [-0.4, -0.2) is 34.4 Å². The van der Waals surface area contributed by atoms with Crippen molar-refractivity contribution in [2.24, 2.45) is 0 Å². The average Bonchev–Trinajstić information content (AvgIpc) is 2.59. The number of benzene rings is 1. The van der Waals surface area contributed by atoms with Crippen LogP contribution in [0.25, 0.3) is 0 Å². The number of thioether (sulfide) groups is 1. The first kappa shape index (κ1) is 17.5. The molecule has 1 unspecified atom stereocenters. The maximum Gasteiger partial charge on any atom is 0.254 e. The van der Waals surface area contributed by atoms with Gasteiger partial charge < -0.3 is 10.4 Å². The zero-order valence-electron chi connectivity index (χ0n) is 13.5. The summed E-state index contributed by atoms with van der Waals surface area (Å²) < 4.78 is 0. The van der Waals surface area contributed by atoms with Gasteiger partial charge in [-0.1, -0.05) is 30.3 Å². The number of rotatable bonds is 7. The minimum atomic E-state index is -0.951. The molecule has 5 heteroatoms. The van der Waals surface area contributed by atoms with Gasteiger partial charge in [-0.15, -0.1) is 11.8 Å². The van der Waals surface area contributed by atoms with Gasteiger partial charge in [0.15, 0.2) is 0 Å². The third-order valence-electron chi connectivity index (χ3n) is 3.63. The Morgan fingerprint density at radius 3 is 2.70 bits per heavy atom. The maximum absolute atomic E-state index is 12.3. The number of nitrogens with zero attached hydrogens (tertiary/aromatic N) is 1. The fraction of sp³-hybridized carbons (Fsp3) is 0.333. The number of aromatic nitrogens is 1. The molecule has 23 heavy (non-hydrogen) atoms. The second-order valence-corrected chi connectivity index (χ2v) is 6.52. The Morgan fingerprint density at radius 1 is 1.26 bits per heavy atom. The number of aliphatic hydroxyl groups is 1. The minimum Gasteiger partial charge on any atom is -0.388 e. The molecule has 1 aromatic carbocycles. The van der Waals surface area contributed by atoms with Crippen LogP contribution in [0, 0.1) is 0 Å². The van der Waals surface area contributed by atoms with Gasteiger partial charge in [-0.05, 0) is 43.7 Å². The first-order valence-corrected chi connectivity index (χ1v) is 8.78. The van der Waals surface area contributed by atoms with Crippen LogP contribution < -0.4 is 5.32 Å². The summed E-state index contributed by atoms with van der Waals surface area (Å²) in [6, 6.07) is 13.5. The van der Waals surface area contributed by atoms with Crippen LogP contribution >= 0.6 is 11.8 Å². The molecule has 0 radical (unpaired) electrons. The zero-order valence-corrected chi connectivity index (χ0v) is 14.3. The van der Waals surface area contributed by atoms with E-state index in [-0.39, 0.29) is 12.5 Å². The van der Waals surface area contributed by atoms with Crippen LogP contribution in [0.4, 0.5) is 0 Å². The van der Waals surface area contributed by atoms with Gasteiger partial charge >= 0.3 is 0 Å². The van der Waals surface area contributed by atoms with Gasteiger partial charge in [0.25, 0.3) is 5.91 Å². The van der Waals surface area contributed by atoms with Crippen molar-refractivity contribution in [1.29, 1.82) is 0 Å². The Morgan fingerprint density at radius 2 is 2.00 bits per heavy atom. The van der Waals surface area contributed by atoms with E-state index in [0.717, 1.165) is 6.42 Å².